The molecule has 1 rings (SSSR count). The molecule has 0 aliphatic rings. The molecule has 1 amide bonds. The van der Waals surface area contributed by atoms with Crippen LogP contribution < -0.4 is 10.9 Å². The zero-order valence-electron chi connectivity index (χ0n) is 10.8. The maximum atomic E-state index is 12.5. The Balaban J connectivity index is 2.63. The maximum absolute atomic E-state index is 12.5. The average Bonchev–Trinajstić information content (AvgIpc) is 2.36. The molecule has 0 atom stereocenters. The predicted octanol–water partition coefficient (Wildman–Crippen LogP) is 1.98. The average molecular weight is 306 g/mol. The highest BCUT2D eigenvalue weighted by Crippen LogP contribution is 2.29. The lowest BCUT2D eigenvalue weighted by molar-refractivity contribution is -0.138. The monoisotopic (exact) mass is 306 g/mol. The number of rotatable bonds is 6. The Morgan fingerprint density at radius 1 is 1.24 bits per heavy atom. The minimum atomic E-state index is -4.63. The molecule has 21 heavy (non-hydrogen) atoms. The quantitative estimate of drug-likeness (QED) is 0.700. The van der Waals surface area contributed by atoms with Gasteiger partial charge in [-0.1, -0.05) is 0 Å². The molecular formula is C12H13F3N2O4. The number of carbonyl (C=O) groups is 2. The van der Waals surface area contributed by atoms with Gasteiger partial charge in [-0.2, -0.15) is 13.2 Å². The molecule has 0 saturated carbocycles. The van der Waals surface area contributed by atoms with E-state index < -0.39 is 34.9 Å². The number of unbranched alkanes of at least 4 members (excludes halogenated alkanes) is 1. The van der Waals surface area contributed by atoms with Crippen molar-refractivity contribution in [2.24, 2.45) is 0 Å². The smallest absolute Gasteiger partial charge is 0.417 e. The third-order valence-electron chi connectivity index (χ3n) is 2.55. The summed E-state index contributed by atoms with van der Waals surface area (Å²) < 4.78 is 37.4. The number of nitrogens with one attached hydrogen (secondary N) is 2. The molecule has 9 heteroatoms. The number of pyridine rings is 1. The third-order valence-corrected chi connectivity index (χ3v) is 2.55. The number of H-pyrrole nitrogens is 1. The number of aromatic nitrogens is 1. The van der Waals surface area contributed by atoms with Crippen LogP contribution in [-0.2, 0) is 15.8 Å². The summed E-state index contributed by atoms with van der Waals surface area (Å²) in [7, 11) is 0. The molecule has 0 bridgehead atoms. The number of hydrogen-bond acceptors (Lipinski definition) is 3. The van der Waals surface area contributed by atoms with Crippen molar-refractivity contribution < 1.29 is 27.9 Å². The van der Waals surface area contributed by atoms with Gasteiger partial charge in [0.25, 0.3) is 5.56 Å². The summed E-state index contributed by atoms with van der Waals surface area (Å²) in [6.07, 6.45) is -3.77. The van der Waals surface area contributed by atoms with E-state index in [-0.39, 0.29) is 25.7 Å². The second-order valence-electron chi connectivity index (χ2n) is 4.28. The molecule has 1 aromatic heterocycles. The molecule has 0 saturated heterocycles. The summed E-state index contributed by atoms with van der Waals surface area (Å²) in [5.41, 5.74) is -2.42. The fourth-order valence-corrected chi connectivity index (χ4v) is 1.51. The lowest BCUT2D eigenvalue weighted by Gasteiger charge is -2.09. The molecule has 116 valence electrons. The minimum absolute atomic E-state index is 0.0804. The van der Waals surface area contributed by atoms with Crippen molar-refractivity contribution in [3.63, 3.8) is 0 Å². The van der Waals surface area contributed by atoms with Crippen molar-refractivity contribution >= 4 is 17.6 Å². The number of anilines is 1. The van der Waals surface area contributed by atoms with E-state index in [1.165, 1.54) is 0 Å². The summed E-state index contributed by atoms with van der Waals surface area (Å²) in [4.78, 5) is 35.0. The van der Waals surface area contributed by atoms with Crippen LogP contribution >= 0.6 is 0 Å². The molecular weight excluding hydrogens is 293 g/mol. The van der Waals surface area contributed by atoms with E-state index in [1.54, 1.807) is 0 Å². The number of carboxylic acid groups (broad SMARTS) is 1. The van der Waals surface area contributed by atoms with Crippen LogP contribution in [0, 0.1) is 0 Å². The molecule has 0 aromatic carbocycles. The predicted molar refractivity (Wildman–Crippen MR) is 66.8 cm³/mol. The summed E-state index contributed by atoms with van der Waals surface area (Å²) in [6.45, 7) is 0. The first-order valence-electron chi connectivity index (χ1n) is 6.01. The Labute approximate surface area is 117 Å². The maximum Gasteiger partial charge on any atom is 0.417 e. The van der Waals surface area contributed by atoms with E-state index in [0.29, 0.717) is 12.3 Å². The van der Waals surface area contributed by atoms with E-state index in [1.807, 2.05) is 4.98 Å². The largest absolute Gasteiger partial charge is 0.481 e. The van der Waals surface area contributed by atoms with Gasteiger partial charge in [0.1, 0.15) is 5.69 Å². The Hall–Kier alpha value is -2.32. The van der Waals surface area contributed by atoms with Crippen LogP contribution in [-0.4, -0.2) is 22.0 Å². The first kappa shape index (κ1) is 16.7. The number of aromatic amines is 1. The van der Waals surface area contributed by atoms with Crippen LogP contribution in [0.1, 0.15) is 31.2 Å². The van der Waals surface area contributed by atoms with Gasteiger partial charge < -0.3 is 15.4 Å². The first-order valence-corrected chi connectivity index (χ1v) is 6.01. The van der Waals surface area contributed by atoms with Gasteiger partial charge in [-0.15, -0.1) is 0 Å². The number of carbonyl (C=O) groups excluding carboxylic acids is 1. The molecule has 0 aliphatic carbocycles. The second-order valence-corrected chi connectivity index (χ2v) is 4.28. The normalized spacial score (nSPS) is 11.2. The molecule has 6 nitrogen and oxygen atoms in total. The zero-order chi connectivity index (χ0) is 16.0. The van der Waals surface area contributed by atoms with Crippen molar-refractivity contribution in [3.05, 3.63) is 28.2 Å². The molecule has 1 aromatic rings. The molecule has 0 radical (unpaired) electrons. The van der Waals surface area contributed by atoms with Gasteiger partial charge in [0.05, 0.1) is 5.56 Å². The van der Waals surface area contributed by atoms with Crippen LogP contribution in [0.4, 0.5) is 18.9 Å². The molecule has 0 unspecified atom stereocenters. The van der Waals surface area contributed by atoms with Gasteiger partial charge in [0.2, 0.25) is 5.91 Å². The van der Waals surface area contributed by atoms with E-state index in [0.717, 1.165) is 0 Å². The Morgan fingerprint density at radius 2 is 1.86 bits per heavy atom. The van der Waals surface area contributed by atoms with E-state index in [9.17, 15) is 27.6 Å². The highest BCUT2D eigenvalue weighted by Gasteiger charge is 2.31. The SMILES string of the molecule is O=C(O)CCCCC(=O)Nc1cc(C(F)(F)F)c[nH]c1=O. The van der Waals surface area contributed by atoms with Crippen molar-refractivity contribution in [2.45, 2.75) is 31.9 Å². The van der Waals surface area contributed by atoms with Crippen LogP contribution in [0.25, 0.3) is 0 Å². The van der Waals surface area contributed by atoms with Crippen molar-refractivity contribution in [3.8, 4) is 0 Å². The summed E-state index contributed by atoms with van der Waals surface area (Å²) >= 11 is 0. The van der Waals surface area contributed by atoms with E-state index in [2.05, 4.69) is 5.32 Å². The van der Waals surface area contributed by atoms with Crippen LogP contribution in [0.5, 0.6) is 0 Å². The molecule has 3 N–H and O–H groups in total. The number of halogens is 3. The first-order chi connectivity index (χ1) is 9.70. The third kappa shape index (κ3) is 5.67. The highest BCUT2D eigenvalue weighted by atomic mass is 19.4. The molecule has 0 spiro atoms. The fraction of sp³-hybridized carbons (Fsp3) is 0.417. The molecule has 1 heterocycles. The number of aliphatic carboxylic acids is 1. The van der Waals surface area contributed by atoms with Gasteiger partial charge in [0, 0.05) is 19.0 Å². The van der Waals surface area contributed by atoms with Gasteiger partial charge in [-0.25, -0.2) is 0 Å². The van der Waals surface area contributed by atoms with Crippen LogP contribution in [0.3, 0.4) is 0 Å². The van der Waals surface area contributed by atoms with Crippen molar-refractivity contribution in [2.75, 3.05) is 5.32 Å². The number of hydrogen-bond donors (Lipinski definition) is 3. The standard InChI is InChI=1S/C12H13F3N2O4/c13-12(14,15)7-5-8(11(21)16-6-7)17-9(18)3-1-2-4-10(19)20/h5-6H,1-4H2,(H,16,21)(H,17,18)(H,19,20). The number of alkyl halides is 3. The van der Waals surface area contributed by atoms with Crippen LogP contribution in [0.2, 0.25) is 0 Å². The summed E-state index contributed by atoms with van der Waals surface area (Å²) in [6, 6.07) is 0.550. The molecule has 0 aliphatic heterocycles. The highest BCUT2D eigenvalue weighted by molar-refractivity contribution is 5.90. The van der Waals surface area contributed by atoms with Crippen molar-refractivity contribution in [1.29, 1.82) is 0 Å². The van der Waals surface area contributed by atoms with Gasteiger partial charge in [-0.05, 0) is 18.9 Å². The van der Waals surface area contributed by atoms with Gasteiger partial charge in [0.15, 0.2) is 0 Å². The minimum Gasteiger partial charge on any atom is -0.481 e. The van der Waals surface area contributed by atoms with Crippen LogP contribution in [0.15, 0.2) is 17.1 Å². The van der Waals surface area contributed by atoms with E-state index in [4.69, 9.17) is 5.11 Å². The van der Waals surface area contributed by atoms with E-state index >= 15 is 0 Å². The summed E-state index contributed by atoms with van der Waals surface area (Å²) in [5, 5.41) is 10.5. The number of carboxylic acids is 1. The Morgan fingerprint density at radius 3 is 2.43 bits per heavy atom. The topological polar surface area (TPSA) is 99.3 Å². The molecule has 0 fully saturated rings. The lowest BCUT2D eigenvalue weighted by atomic mass is 10.2. The lowest BCUT2D eigenvalue weighted by Crippen LogP contribution is -2.21. The van der Waals surface area contributed by atoms with Gasteiger partial charge >= 0.3 is 12.1 Å². The summed E-state index contributed by atoms with van der Waals surface area (Å²) in [5.74, 6) is -1.64. The van der Waals surface area contributed by atoms with Crippen molar-refractivity contribution in [1.82, 2.24) is 4.98 Å². The number of amides is 1. The van der Waals surface area contributed by atoms with Gasteiger partial charge in [-0.3, -0.25) is 14.4 Å². The Bertz CT molecular complexity index is 581. The fourth-order valence-electron chi connectivity index (χ4n) is 1.51. The second kappa shape index (κ2) is 6.91. The Kier molecular flexibility index (Phi) is 5.51. The zero-order valence-corrected chi connectivity index (χ0v) is 10.8.